The second-order valence-corrected chi connectivity index (χ2v) is 6.03. The first-order chi connectivity index (χ1) is 10.4. The van der Waals surface area contributed by atoms with Crippen LogP contribution < -0.4 is 16.4 Å². The molecule has 1 aromatic heterocycles. The van der Waals surface area contributed by atoms with Crippen molar-refractivity contribution < 1.29 is 9.63 Å². The molecule has 0 atom stereocenters. The number of hydrogen-bond donors (Lipinski definition) is 2. The molecule has 0 aliphatic heterocycles. The van der Waals surface area contributed by atoms with Crippen LogP contribution >= 0.6 is 34.2 Å². The number of nitrogens with one attached hydrogen (secondary N) is 2. The number of hydroxylamine groups is 1. The molecule has 0 fully saturated rings. The summed E-state index contributed by atoms with van der Waals surface area (Å²) in [6, 6.07) is 8.16. The van der Waals surface area contributed by atoms with E-state index in [1.165, 1.54) is 23.8 Å². The average Bonchev–Trinajstić information content (AvgIpc) is 2.46. The standard InChI is InChI=1S/C14H13ClIN3O3/c1-19-12(20)6-4-9(14(21)18-22-2)13(19)17-11-5-3-8(16)7-10(11)15/h3-7,17H,1-2H3,(H,18,21). The van der Waals surface area contributed by atoms with E-state index in [0.717, 1.165) is 3.57 Å². The van der Waals surface area contributed by atoms with Crippen LogP contribution in [0.2, 0.25) is 5.02 Å². The SMILES string of the molecule is CONC(=O)c1ccc(=O)n(C)c1Nc1ccc(I)cc1Cl. The Kier molecular flexibility index (Phi) is 5.43. The Balaban J connectivity index is 2.50. The summed E-state index contributed by atoms with van der Waals surface area (Å²) in [7, 11) is 2.90. The second-order valence-electron chi connectivity index (χ2n) is 4.38. The van der Waals surface area contributed by atoms with Crippen molar-refractivity contribution in [2.75, 3.05) is 12.4 Å². The van der Waals surface area contributed by atoms with Crippen LogP contribution in [0.25, 0.3) is 0 Å². The van der Waals surface area contributed by atoms with Gasteiger partial charge in [-0.25, -0.2) is 5.48 Å². The quantitative estimate of drug-likeness (QED) is 0.574. The third kappa shape index (κ3) is 3.60. The molecule has 0 aliphatic carbocycles. The highest BCUT2D eigenvalue weighted by Gasteiger charge is 2.16. The van der Waals surface area contributed by atoms with Crippen LogP contribution in [0.5, 0.6) is 0 Å². The van der Waals surface area contributed by atoms with Crippen molar-refractivity contribution in [3.05, 3.63) is 54.8 Å². The van der Waals surface area contributed by atoms with Crippen molar-refractivity contribution in [3.63, 3.8) is 0 Å². The Morgan fingerprint density at radius 2 is 2.05 bits per heavy atom. The Morgan fingerprint density at radius 1 is 1.32 bits per heavy atom. The summed E-state index contributed by atoms with van der Waals surface area (Å²) < 4.78 is 2.31. The number of anilines is 2. The van der Waals surface area contributed by atoms with E-state index in [1.807, 2.05) is 6.07 Å². The molecule has 1 aromatic carbocycles. The van der Waals surface area contributed by atoms with Crippen molar-refractivity contribution in [1.82, 2.24) is 10.0 Å². The molecule has 1 amide bonds. The van der Waals surface area contributed by atoms with Gasteiger partial charge in [-0.2, -0.15) is 0 Å². The number of benzene rings is 1. The highest BCUT2D eigenvalue weighted by Crippen LogP contribution is 2.28. The third-order valence-corrected chi connectivity index (χ3v) is 3.92. The molecular formula is C14H13ClIN3O3. The molecule has 22 heavy (non-hydrogen) atoms. The molecule has 6 nitrogen and oxygen atoms in total. The van der Waals surface area contributed by atoms with Gasteiger partial charge in [0.05, 0.1) is 23.4 Å². The molecule has 0 aliphatic rings. The zero-order valence-corrected chi connectivity index (χ0v) is 14.7. The first-order valence-corrected chi connectivity index (χ1v) is 7.65. The van der Waals surface area contributed by atoms with Crippen LogP contribution in [0.15, 0.2) is 35.1 Å². The number of carbonyl (C=O) groups is 1. The van der Waals surface area contributed by atoms with Gasteiger partial charge in [-0.1, -0.05) is 11.6 Å². The monoisotopic (exact) mass is 433 g/mol. The lowest BCUT2D eigenvalue weighted by atomic mass is 10.2. The summed E-state index contributed by atoms with van der Waals surface area (Å²) in [6.07, 6.45) is 0. The molecule has 0 spiro atoms. The maximum absolute atomic E-state index is 12.0. The molecule has 0 unspecified atom stereocenters. The van der Waals surface area contributed by atoms with Gasteiger partial charge in [0, 0.05) is 16.7 Å². The van der Waals surface area contributed by atoms with E-state index in [2.05, 4.69) is 38.2 Å². The molecule has 0 saturated heterocycles. The number of aromatic nitrogens is 1. The lowest BCUT2D eigenvalue weighted by Crippen LogP contribution is -2.27. The van der Waals surface area contributed by atoms with Crippen LogP contribution in [-0.2, 0) is 11.9 Å². The van der Waals surface area contributed by atoms with Crippen molar-refractivity contribution in [3.8, 4) is 0 Å². The molecule has 2 N–H and O–H groups in total. The minimum absolute atomic E-state index is 0.252. The van der Waals surface area contributed by atoms with Crippen molar-refractivity contribution in [2.45, 2.75) is 0 Å². The summed E-state index contributed by atoms with van der Waals surface area (Å²) in [5.74, 6) is -0.146. The Bertz CT molecular complexity index is 776. The molecule has 8 heteroatoms. The molecule has 0 saturated carbocycles. The highest BCUT2D eigenvalue weighted by atomic mass is 127. The summed E-state index contributed by atoms with van der Waals surface area (Å²) in [6.45, 7) is 0. The van der Waals surface area contributed by atoms with Crippen LogP contribution in [0.3, 0.4) is 0 Å². The number of nitrogens with zero attached hydrogens (tertiary/aromatic N) is 1. The molecule has 0 radical (unpaired) electrons. The number of hydrogen-bond acceptors (Lipinski definition) is 4. The fourth-order valence-electron chi connectivity index (χ4n) is 1.84. The summed E-state index contributed by atoms with van der Waals surface area (Å²) >= 11 is 8.33. The molecule has 1 heterocycles. The minimum Gasteiger partial charge on any atom is -0.340 e. The third-order valence-electron chi connectivity index (χ3n) is 2.94. The zero-order chi connectivity index (χ0) is 16.3. The van der Waals surface area contributed by atoms with Gasteiger partial charge in [0.15, 0.2) is 0 Å². The summed E-state index contributed by atoms with van der Waals surface area (Å²) in [5, 5.41) is 3.52. The maximum atomic E-state index is 12.0. The van der Waals surface area contributed by atoms with Crippen LogP contribution in [0.1, 0.15) is 10.4 Å². The lowest BCUT2D eigenvalue weighted by Gasteiger charge is -2.16. The van der Waals surface area contributed by atoms with E-state index in [1.54, 1.807) is 19.2 Å². The van der Waals surface area contributed by atoms with Gasteiger partial charge in [-0.05, 0) is 46.9 Å². The van der Waals surface area contributed by atoms with Gasteiger partial charge in [0.25, 0.3) is 11.5 Å². The lowest BCUT2D eigenvalue weighted by molar-refractivity contribution is 0.0538. The number of pyridine rings is 1. The fraction of sp³-hybridized carbons (Fsp3) is 0.143. The number of halogens is 2. The molecule has 2 rings (SSSR count). The smallest absolute Gasteiger partial charge is 0.278 e. The molecule has 0 bridgehead atoms. The van der Waals surface area contributed by atoms with E-state index in [0.29, 0.717) is 16.5 Å². The fourth-order valence-corrected chi connectivity index (χ4v) is 2.74. The van der Waals surface area contributed by atoms with Gasteiger partial charge >= 0.3 is 0 Å². The predicted molar refractivity (Wildman–Crippen MR) is 93.6 cm³/mol. The van der Waals surface area contributed by atoms with Gasteiger partial charge in [0.1, 0.15) is 5.82 Å². The highest BCUT2D eigenvalue weighted by molar-refractivity contribution is 14.1. The minimum atomic E-state index is -0.470. The average molecular weight is 434 g/mol. The second kappa shape index (κ2) is 7.12. The van der Waals surface area contributed by atoms with Gasteiger partial charge in [0.2, 0.25) is 0 Å². The van der Waals surface area contributed by atoms with E-state index < -0.39 is 5.91 Å². The number of rotatable bonds is 4. The zero-order valence-electron chi connectivity index (χ0n) is 11.8. The Hall–Kier alpha value is -1.58. The van der Waals surface area contributed by atoms with E-state index in [9.17, 15) is 9.59 Å². The number of carbonyl (C=O) groups excluding carboxylic acids is 1. The van der Waals surface area contributed by atoms with Crippen LogP contribution in [-0.4, -0.2) is 17.6 Å². The van der Waals surface area contributed by atoms with Gasteiger partial charge < -0.3 is 5.32 Å². The molecule has 116 valence electrons. The Morgan fingerprint density at radius 3 is 2.68 bits per heavy atom. The van der Waals surface area contributed by atoms with E-state index >= 15 is 0 Å². The summed E-state index contributed by atoms with van der Waals surface area (Å²) in [5.41, 5.74) is 2.83. The summed E-state index contributed by atoms with van der Waals surface area (Å²) in [4.78, 5) is 28.5. The first kappa shape index (κ1) is 16.8. The molecular weight excluding hydrogens is 421 g/mol. The number of amides is 1. The Labute approximate surface area is 145 Å². The van der Waals surface area contributed by atoms with Gasteiger partial charge in [-0.3, -0.25) is 19.0 Å². The van der Waals surface area contributed by atoms with Crippen molar-refractivity contribution >= 4 is 51.6 Å². The maximum Gasteiger partial charge on any atom is 0.278 e. The first-order valence-electron chi connectivity index (χ1n) is 6.19. The van der Waals surface area contributed by atoms with Crippen LogP contribution in [0, 0.1) is 3.57 Å². The predicted octanol–water partition coefficient (Wildman–Crippen LogP) is 2.68. The largest absolute Gasteiger partial charge is 0.340 e. The van der Waals surface area contributed by atoms with Crippen molar-refractivity contribution in [1.29, 1.82) is 0 Å². The van der Waals surface area contributed by atoms with Crippen molar-refractivity contribution in [2.24, 2.45) is 7.05 Å². The topological polar surface area (TPSA) is 72.4 Å². The molecule has 2 aromatic rings. The van der Waals surface area contributed by atoms with E-state index in [-0.39, 0.29) is 11.1 Å². The van der Waals surface area contributed by atoms with E-state index in [4.69, 9.17) is 11.6 Å². The van der Waals surface area contributed by atoms with Gasteiger partial charge in [-0.15, -0.1) is 0 Å². The normalized spacial score (nSPS) is 10.4. The van der Waals surface area contributed by atoms with Crippen LogP contribution in [0.4, 0.5) is 11.5 Å².